The van der Waals surface area contributed by atoms with Gasteiger partial charge in [-0.1, -0.05) is 152 Å². The standard InChI is InChI=1S/C54H32O2/c1-2-17-39-33(12-1)26-29-50-53(39)54-40(23-11-25-49(54)56-50)36-14-10-16-38(31-36)52-44-21-5-3-19-42(44)51(43-20-4-6-22-45(43)52)37-15-9-13-34(30-37)35-27-28-48-46(32-35)41-18-7-8-24-47(41)55-48/h1-32H. The van der Waals surface area contributed by atoms with E-state index in [0.29, 0.717) is 0 Å². The van der Waals surface area contributed by atoms with E-state index in [2.05, 4.69) is 182 Å². The second kappa shape index (κ2) is 12.0. The highest BCUT2D eigenvalue weighted by Gasteiger charge is 2.19. The predicted molar refractivity (Wildman–Crippen MR) is 235 cm³/mol. The van der Waals surface area contributed by atoms with Crippen molar-refractivity contribution in [3.8, 4) is 44.5 Å². The Hall–Kier alpha value is -7.42. The van der Waals surface area contributed by atoms with Crippen molar-refractivity contribution in [1.82, 2.24) is 0 Å². The molecular formula is C54H32O2. The molecule has 0 aliphatic carbocycles. The summed E-state index contributed by atoms with van der Waals surface area (Å²) in [6.45, 7) is 0. The molecule has 2 aromatic heterocycles. The van der Waals surface area contributed by atoms with Crippen LogP contribution in [0, 0.1) is 0 Å². The van der Waals surface area contributed by atoms with Crippen LogP contribution in [0.1, 0.15) is 0 Å². The molecule has 0 saturated carbocycles. The fourth-order valence-electron chi connectivity index (χ4n) is 9.18. The van der Waals surface area contributed by atoms with Gasteiger partial charge in [-0.3, -0.25) is 0 Å². The SMILES string of the molecule is c1cc(-c2ccc3oc4ccccc4c3c2)cc(-c2c3ccccc3c(-c3cccc(-c4cccc5oc6ccc7ccccc7c6c45)c3)c3ccccc23)c1. The van der Waals surface area contributed by atoms with Crippen LogP contribution in [0.3, 0.4) is 0 Å². The van der Waals surface area contributed by atoms with E-state index >= 15 is 0 Å². The van der Waals surface area contributed by atoms with Gasteiger partial charge < -0.3 is 8.83 Å². The van der Waals surface area contributed by atoms with Crippen LogP contribution < -0.4 is 0 Å². The van der Waals surface area contributed by atoms with Crippen molar-refractivity contribution in [2.75, 3.05) is 0 Å². The first kappa shape index (κ1) is 31.0. The van der Waals surface area contributed by atoms with Crippen molar-refractivity contribution >= 4 is 76.2 Å². The Bertz CT molecular complexity index is 3490. The van der Waals surface area contributed by atoms with Crippen molar-refractivity contribution in [1.29, 1.82) is 0 Å². The summed E-state index contributed by atoms with van der Waals surface area (Å²) in [6, 6.07) is 69.9. The average Bonchev–Trinajstić information content (AvgIpc) is 3.84. The second-order valence-corrected chi connectivity index (χ2v) is 14.8. The zero-order valence-corrected chi connectivity index (χ0v) is 30.3. The fourth-order valence-corrected chi connectivity index (χ4v) is 9.18. The highest BCUT2D eigenvalue weighted by Crippen LogP contribution is 2.46. The van der Waals surface area contributed by atoms with Gasteiger partial charge in [0.2, 0.25) is 0 Å². The van der Waals surface area contributed by atoms with Gasteiger partial charge in [0, 0.05) is 21.5 Å². The summed E-state index contributed by atoms with van der Waals surface area (Å²) in [6.07, 6.45) is 0. The number of rotatable bonds is 4. The van der Waals surface area contributed by atoms with Crippen LogP contribution in [0.5, 0.6) is 0 Å². The van der Waals surface area contributed by atoms with Crippen molar-refractivity contribution in [2.24, 2.45) is 0 Å². The summed E-state index contributed by atoms with van der Waals surface area (Å²) >= 11 is 0. The molecular weight excluding hydrogens is 681 g/mol. The van der Waals surface area contributed by atoms with Gasteiger partial charge >= 0.3 is 0 Å². The quantitative estimate of drug-likeness (QED) is 0.170. The fraction of sp³-hybridized carbons (Fsp3) is 0. The molecule has 2 heterocycles. The molecule has 0 amide bonds. The van der Waals surface area contributed by atoms with Gasteiger partial charge in [0.05, 0.1) is 0 Å². The molecule has 2 nitrogen and oxygen atoms in total. The molecule has 0 saturated heterocycles. The third kappa shape index (κ3) is 4.63. The van der Waals surface area contributed by atoms with Crippen molar-refractivity contribution < 1.29 is 8.83 Å². The molecule has 0 atom stereocenters. The molecule has 0 spiro atoms. The van der Waals surface area contributed by atoms with E-state index in [-0.39, 0.29) is 0 Å². The zero-order chi connectivity index (χ0) is 36.7. The summed E-state index contributed by atoms with van der Waals surface area (Å²) in [5.74, 6) is 0. The van der Waals surface area contributed by atoms with Crippen LogP contribution in [0.25, 0.3) is 121 Å². The molecule has 0 radical (unpaired) electrons. The highest BCUT2D eigenvalue weighted by molar-refractivity contribution is 6.24. The van der Waals surface area contributed by atoms with Crippen molar-refractivity contribution in [2.45, 2.75) is 0 Å². The third-order valence-corrected chi connectivity index (χ3v) is 11.6. The first-order chi connectivity index (χ1) is 27.8. The Morgan fingerprint density at radius 2 is 0.732 bits per heavy atom. The molecule has 0 fully saturated rings. The van der Waals surface area contributed by atoms with Gasteiger partial charge in [0.15, 0.2) is 0 Å². The predicted octanol–water partition coefficient (Wildman–Crippen LogP) is 15.6. The van der Waals surface area contributed by atoms with Crippen LogP contribution in [0.15, 0.2) is 203 Å². The molecule has 10 aromatic carbocycles. The molecule has 12 rings (SSSR count). The monoisotopic (exact) mass is 712 g/mol. The smallest absolute Gasteiger partial charge is 0.136 e. The maximum Gasteiger partial charge on any atom is 0.136 e. The summed E-state index contributed by atoms with van der Waals surface area (Å²) in [7, 11) is 0. The van der Waals surface area contributed by atoms with Gasteiger partial charge in [0.25, 0.3) is 0 Å². The summed E-state index contributed by atoms with van der Waals surface area (Å²) in [4.78, 5) is 0. The lowest BCUT2D eigenvalue weighted by atomic mass is 9.84. The Kier molecular flexibility index (Phi) is 6.66. The van der Waals surface area contributed by atoms with Gasteiger partial charge in [-0.2, -0.15) is 0 Å². The Labute approximate surface area is 322 Å². The Morgan fingerprint density at radius 3 is 1.46 bits per heavy atom. The highest BCUT2D eigenvalue weighted by atomic mass is 16.3. The van der Waals surface area contributed by atoms with Gasteiger partial charge in [-0.25, -0.2) is 0 Å². The number of benzene rings is 10. The maximum absolute atomic E-state index is 6.47. The Morgan fingerprint density at radius 1 is 0.250 bits per heavy atom. The van der Waals surface area contributed by atoms with E-state index in [0.717, 1.165) is 44.1 Å². The number of hydrogen-bond acceptors (Lipinski definition) is 2. The van der Waals surface area contributed by atoms with Crippen LogP contribution in [0.2, 0.25) is 0 Å². The Balaban J connectivity index is 1.05. The summed E-state index contributed by atoms with van der Waals surface area (Å²) < 4.78 is 12.6. The zero-order valence-electron chi connectivity index (χ0n) is 30.3. The van der Waals surface area contributed by atoms with Gasteiger partial charge in [-0.15, -0.1) is 0 Å². The van der Waals surface area contributed by atoms with E-state index in [9.17, 15) is 0 Å². The lowest BCUT2D eigenvalue weighted by Crippen LogP contribution is -1.91. The van der Waals surface area contributed by atoms with E-state index in [1.165, 1.54) is 76.6 Å². The second-order valence-electron chi connectivity index (χ2n) is 14.8. The lowest BCUT2D eigenvalue weighted by molar-refractivity contribution is 0.668. The lowest BCUT2D eigenvalue weighted by Gasteiger charge is -2.18. The maximum atomic E-state index is 6.47. The molecule has 2 heteroatoms. The topological polar surface area (TPSA) is 26.3 Å². The van der Waals surface area contributed by atoms with Gasteiger partial charge in [-0.05, 0) is 119 Å². The molecule has 260 valence electrons. The number of furan rings is 2. The van der Waals surface area contributed by atoms with E-state index in [1.807, 2.05) is 12.1 Å². The van der Waals surface area contributed by atoms with Crippen LogP contribution >= 0.6 is 0 Å². The minimum absolute atomic E-state index is 0.903. The van der Waals surface area contributed by atoms with Gasteiger partial charge in [0.1, 0.15) is 22.3 Å². The molecule has 56 heavy (non-hydrogen) atoms. The number of fused-ring (bicyclic) bond motifs is 10. The normalized spacial score (nSPS) is 11.9. The van der Waals surface area contributed by atoms with Crippen LogP contribution in [-0.4, -0.2) is 0 Å². The van der Waals surface area contributed by atoms with Crippen LogP contribution in [-0.2, 0) is 0 Å². The largest absolute Gasteiger partial charge is 0.456 e. The first-order valence-electron chi connectivity index (χ1n) is 19.2. The van der Waals surface area contributed by atoms with E-state index < -0.39 is 0 Å². The van der Waals surface area contributed by atoms with Crippen molar-refractivity contribution in [3.05, 3.63) is 194 Å². The molecule has 12 aromatic rings. The number of para-hydroxylation sites is 1. The molecule has 0 aliphatic rings. The minimum Gasteiger partial charge on any atom is -0.456 e. The summed E-state index contributed by atoms with van der Waals surface area (Å²) in [5.41, 5.74) is 13.2. The third-order valence-electron chi connectivity index (χ3n) is 11.6. The molecule has 0 N–H and O–H groups in total. The molecule has 0 unspecified atom stereocenters. The number of hydrogen-bond donors (Lipinski definition) is 0. The van der Waals surface area contributed by atoms with E-state index in [1.54, 1.807) is 0 Å². The van der Waals surface area contributed by atoms with Crippen molar-refractivity contribution in [3.63, 3.8) is 0 Å². The first-order valence-corrected chi connectivity index (χ1v) is 19.2. The minimum atomic E-state index is 0.903. The average molecular weight is 713 g/mol. The summed E-state index contributed by atoms with van der Waals surface area (Å²) in [5, 5.41) is 11.9. The van der Waals surface area contributed by atoms with Crippen LogP contribution in [0.4, 0.5) is 0 Å². The molecule has 0 aliphatic heterocycles. The molecule has 0 bridgehead atoms. The van der Waals surface area contributed by atoms with E-state index in [4.69, 9.17) is 8.83 Å².